The number of rotatable bonds is 6. The second-order valence-corrected chi connectivity index (χ2v) is 7.93. The monoisotopic (exact) mass is 390 g/mol. The minimum atomic E-state index is -0.255. The normalized spacial score (nSPS) is 18.9. The van der Waals surface area contributed by atoms with Gasteiger partial charge in [0.25, 0.3) is 0 Å². The van der Waals surface area contributed by atoms with E-state index in [9.17, 15) is 4.79 Å². The van der Waals surface area contributed by atoms with E-state index >= 15 is 0 Å². The van der Waals surface area contributed by atoms with Crippen molar-refractivity contribution in [2.45, 2.75) is 44.0 Å². The van der Waals surface area contributed by atoms with E-state index in [2.05, 4.69) is 15.5 Å². The lowest BCUT2D eigenvalue weighted by atomic mass is 9.88. The molecule has 2 heterocycles. The quantitative estimate of drug-likeness (QED) is 0.764. The van der Waals surface area contributed by atoms with Gasteiger partial charge in [0.05, 0.1) is 19.3 Å². The molecule has 0 saturated carbocycles. The van der Waals surface area contributed by atoms with Crippen LogP contribution in [0.3, 0.4) is 0 Å². The van der Waals surface area contributed by atoms with Crippen molar-refractivity contribution >= 4 is 17.7 Å². The SMILES string of the molecule is COc1ccc(-n2c(CNC(=O)C3CCOC(C)(C)C3)nnc2SC)cc1. The topological polar surface area (TPSA) is 78.3 Å². The summed E-state index contributed by atoms with van der Waals surface area (Å²) in [4.78, 5) is 12.6. The summed E-state index contributed by atoms with van der Waals surface area (Å²) >= 11 is 1.51. The van der Waals surface area contributed by atoms with Crippen molar-refractivity contribution in [2.75, 3.05) is 20.0 Å². The second kappa shape index (κ2) is 8.31. The summed E-state index contributed by atoms with van der Waals surface area (Å²) in [5.74, 6) is 1.49. The van der Waals surface area contributed by atoms with Crippen molar-refractivity contribution in [3.63, 3.8) is 0 Å². The molecule has 1 N–H and O–H groups in total. The van der Waals surface area contributed by atoms with Crippen LogP contribution in [0.25, 0.3) is 5.69 Å². The number of carbonyl (C=O) groups excluding carboxylic acids is 1. The number of hydrogen-bond donors (Lipinski definition) is 1. The standard InChI is InChI=1S/C19H26N4O3S/c1-19(2)11-13(9-10-26-19)17(24)20-12-16-21-22-18(27-4)23(16)14-5-7-15(25-3)8-6-14/h5-8,13H,9-12H2,1-4H3,(H,20,24). The summed E-state index contributed by atoms with van der Waals surface area (Å²) in [6.07, 6.45) is 3.42. The summed E-state index contributed by atoms with van der Waals surface area (Å²) in [7, 11) is 1.64. The van der Waals surface area contributed by atoms with Gasteiger partial charge in [0.1, 0.15) is 5.75 Å². The van der Waals surface area contributed by atoms with Crippen molar-refractivity contribution in [3.05, 3.63) is 30.1 Å². The Morgan fingerprint density at radius 3 is 2.74 bits per heavy atom. The summed E-state index contributed by atoms with van der Waals surface area (Å²) in [6.45, 7) is 4.99. The number of ether oxygens (including phenoxy) is 2. The Morgan fingerprint density at radius 1 is 1.37 bits per heavy atom. The van der Waals surface area contributed by atoms with E-state index in [1.54, 1.807) is 7.11 Å². The summed E-state index contributed by atoms with van der Waals surface area (Å²) < 4.78 is 12.9. The van der Waals surface area contributed by atoms with Gasteiger partial charge in [0, 0.05) is 18.2 Å². The highest BCUT2D eigenvalue weighted by Crippen LogP contribution is 2.29. The summed E-state index contributed by atoms with van der Waals surface area (Å²) in [6, 6.07) is 7.69. The first-order chi connectivity index (χ1) is 12.9. The maximum absolute atomic E-state index is 12.6. The van der Waals surface area contributed by atoms with Gasteiger partial charge in [-0.3, -0.25) is 9.36 Å². The highest BCUT2D eigenvalue weighted by Gasteiger charge is 2.32. The third kappa shape index (κ3) is 4.62. The van der Waals surface area contributed by atoms with E-state index in [4.69, 9.17) is 9.47 Å². The molecule has 1 aromatic carbocycles. The van der Waals surface area contributed by atoms with Crippen LogP contribution in [0, 0.1) is 5.92 Å². The molecule has 2 aromatic rings. The lowest BCUT2D eigenvalue weighted by molar-refractivity contribution is -0.135. The van der Waals surface area contributed by atoms with Crippen LogP contribution in [0.4, 0.5) is 0 Å². The second-order valence-electron chi connectivity index (χ2n) is 7.15. The minimum Gasteiger partial charge on any atom is -0.497 e. The van der Waals surface area contributed by atoms with Crippen LogP contribution in [0.15, 0.2) is 29.4 Å². The fourth-order valence-electron chi connectivity index (χ4n) is 3.30. The van der Waals surface area contributed by atoms with E-state index in [1.165, 1.54) is 11.8 Å². The van der Waals surface area contributed by atoms with Crippen LogP contribution in [-0.2, 0) is 16.1 Å². The summed E-state index contributed by atoms with van der Waals surface area (Å²) in [5.41, 5.74) is 0.677. The van der Waals surface area contributed by atoms with Gasteiger partial charge in [-0.1, -0.05) is 11.8 Å². The van der Waals surface area contributed by atoms with E-state index < -0.39 is 0 Å². The largest absolute Gasteiger partial charge is 0.497 e. The molecule has 0 aliphatic carbocycles. The maximum atomic E-state index is 12.6. The molecule has 1 saturated heterocycles. The smallest absolute Gasteiger partial charge is 0.223 e. The van der Waals surface area contributed by atoms with Crippen LogP contribution in [0.5, 0.6) is 5.75 Å². The maximum Gasteiger partial charge on any atom is 0.223 e. The van der Waals surface area contributed by atoms with Crippen LogP contribution in [0.1, 0.15) is 32.5 Å². The fraction of sp³-hybridized carbons (Fsp3) is 0.526. The average molecular weight is 391 g/mol. The van der Waals surface area contributed by atoms with E-state index in [-0.39, 0.29) is 17.4 Å². The highest BCUT2D eigenvalue weighted by molar-refractivity contribution is 7.98. The van der Waals surface area contributed by atoms with Crippen molar-refractivity contribution in [1.29, 1.82) is 0 Å². The Balaban J connectivity index is 1.73. The van der Waals surface area contributed by atoms with Gasteiger partial charge in [-0.15, -0.1) is 10.2 Å². The molecule has 27 heavy (non-hydrogen) atoms. The lowest BCUT2D eigenvalue weighted by Crippen LogP contribution is -2.41. The third-order valence-electron chi connectivity index (χ3n) is 4.70. The number of benzene rings is 1. The lowest BCUT2D eigenvalue weighted by Gasteiger charge is -2.34. The van der Waals surface area contributed by atoms with E-state index in [1.807, 2.05) is 48.9 Å². The number of aromatic nitrogens is 3. The first-order valence-electron chi connectivity index (χ1n) is 8.98. The number of nitrogens with zero attached hydrogens (tertiary/aromatic N) is 3. The number of hydrogen-bond acceptors (Lipinski definition) is 6. The van der Waals surface area contributed by atoms with Gasteiger partial charge in [0.2, 0.25) is 5.91 Å². The zero-order valence-corrected chi connectivity index (χ0v) is 17.0. The minimum absolute atomic E-state index is 0.0360. The van der Waals surface area contributed by atoms with Crippen LogP contribution in [-0.4, -0.2) is 46.2 Å². The van der Waals surface area contributed by atoms with Crippen molar-refractivity contribution < 1.29 is 14.3 Å². The number of methoxy groups -OCH3 is 1. The van der Waals surface area contributed by atoms with Crippen LogP contribution in [0.2, 0.25) is 0 Å². The van der Waals surface area contributed by atoms with Crippen LogP contribution >= 0.6 is 11.8 Å². The van der Waals surface area contributed by atoms with E-state index in [0.29, 0.717) is 19.0 Å². The molecule has 0 bridgehead atoms. The van der Waals surface area contributed by atoms with E-state index in [0.717, 1.165) is 29.4 Å². The molecule has 0 radical (unpaired) electrons. The first-order valence-corrected chi connectivity index (χ1v) is 10.2. The Morgan fingerprint density at radius 2 is 2.11 bits per heavy atom. The first kappa shape index (κ1) is 19.7. The molecule has 1 aliphatic heterocycles. The number of amides is 1. The zero-order chi connectivity index (χ0) is 19.4. The van der Waals surface area contributed by atoms with Crippen molar-refractivity contribution in [2.24, 2.45) is 5.92 Å². The molecule has 1 aliphatic rings. The molecule has 1 fully saturated rings. The van der Waals surface area contributed by atoms with Gasteiger partial charge < -0.3 is 14.8 Å². The molecule has 8 heteroatoms. The molecule has 146 valence electrons. The van der Waals surface area contributed by atoms with Gasteiger partial charge in [-0.25, -0.2) is 0 Å². The van der Waals surface area contributed by atoms with Crippen molar-refractivity contribution in [1.82, 2.24) is 20.1 Å². The van der Waals surface area contributed by atoms with Gasteiger partial charge in [-0.05, 0) is 57.2 Å². The Bertz CT molecular complexity index is 789. The van der Waals surface area contributed by atoms with Crippen molar-refractivity contribution in [3.8, 4) is 11.4 Å². The average Bonchev–Trinajstić information content (AvgIpc) is 3.08. The molecule has 1 unspecified atom stereocenters. The summed E-state index contributed by atoms with van der Waals surface area (Å²) in [5, 5.41) is 12.3. The molecule has 3 rings (SSSR count). The predicted molar refractivity (Wildman–Crippen MR) is 104 cm³/mol. The number of carbonyl (C=O) groups is 1. The van der Waals surface area contributed by atoms with Gasteiger partial charge >= 0.3 is 0 Å². The zero-order valence-electron chi connectivity index (χ0n) is 16.2. The number of nitrogens with one attached hydrogen (secondary N) is 1. The highest BCUT2D eigenvalue weighted by atomic mass is 32.2. The third-order valence-corrected chi connectivity index (χ3v) is 5.33. The van der Waals surface area contributed by atoms with Gasteiger partial charge in [-0.2, -0.15) is 0 Å². The molecule has 1 atom stereocenters. The molecule has 1 amide bonds. The molecule has 7 nitrogen and oxygen atoms in total. The molecular weight excluding hydrogens is 364 g/mol. The van der Waals surface area contributed by atoms with Gasteiger partial charge in [0.15, 0.2) is 11.0 Å². The molecule has 1 aromatic heterocycles. The number of thioether (sulfide) groups is 1. The molecular formula is C19H26N4O3S. The molecule has 0 spiro atoms. The Labute approximate surface area is 163 Å². The Kier molecular flexibility index (Phi) is 6.06. The predicted octanol–water partition coefficient (Wildman–Crippen LogP) is 2.82. The fourth-order valence-corrected chi connectivity index (χ4v) is 3.82. The van der Waals surface area contributed by atoms with Crippen LogP contribution < -0.4 is 10.1 Å². The Hall–Kier alpha value is -2.06.